The normalized spacial score (nSPS) is 29.6. The molecule has 0 amide bonds. The number of aryl methyl sites for hydroxylation is 1. The number of aromatic hydroxyl groups is 1. The second-order valence-electron chi connectivity index (χ2n) is 10.5. The van der Waals surface area contributed by atoms with Crippen LogP contribution in [0.1, 0.15) is 49.5 Å². The molecule has 9 nitrogen and oxygen atoms in total. The second kappa shape index (κ2) is 9.41. The number of esters is 2. The molecule has 0 bridgehead atoms. The molecule has 1 spiro atoms. The van der Waals surface area contributed by atoms with Crippen molar-refractivity contribution in [3.8, 4) is 11.5 Å². The van der Waals surface area contributed by atoms with Crippen molar-refractivity contribution in [2.45, 2.75) is 69.0 Å². The minimum Gasteiger partial charge on any atom is -0.504 e. The minimum absolute atomic E-state index is 0.0498. The van der Waals surface area contributed by atoms with Crippen LogP contribution in [0.2, 0.25) is 0 Å². The fourth-order valence-corrected chi connectivity index (χ4v) is 6.26. The van der Waals surface area contributed by atoms with Crippen molar-refractivity contribution in [3.63, 3.8) is 0 Å². The van der Waals surface area contributed by atoms with Crippen molar-refractivity contribution in [1.82, 2.24) is 4.90 Å². The maximum atomic E-state index is 13.1. The summed E-state index contributed by atoms with van der Waals surface area (Å²) >= 11 is 0. The predicted octanol–water partition coefficient (Wildman–Crippen LogP) is 2.65. The van der Waals surface area contributed by atoms with E-state index < -0.39 is 41.3 Å². The van der Waals surface area contributed by atoms with Crippen LogP contribution >= 0.6 is 0 Å². The Morgan fingerprint density at radius 3 is 2.58 bits per heavy atom. The molecule has 2 aromatic carbocycles. The van der Waals surface area contributed by atoms with E-state index in [1.54, 1.807) is 48.5 Å². The van der Waals surface area contributed by atoms with Gasteiger partial charge < -0.3 is 34.4 Å². The first-order chi connectivity index (χ1) is 18.0. The van der Waals surface area contributed by atoms with Crippen LogP contribution < -0.4 is 4.74 Å². The van der Waals surface area contributed by atoms with Crippen LogP contribution in [0, 0.1) is 6.92 Å². The maximum absolute atomic E-state index is 13.1. The topological polar surface area (TPSA) is 126 Å². The fraction of sp³-hybridized carbons (Fsp3) is 0.448. The summed E-state index contributed by atoms with van der Waals surface area (Å²) in [5.41, 5.74) is -0.303. The highest BCUT2D eigenvalue weighted by Crippen LogP contribution is 2.62. The zero-order valence-corrected chi connectivity index (χ0v) is 21.9. The number of likely N-dealkylation sites (tertiary alicyclic amines) is 1. The predicted molar refractivity (Wildman–Crippen MR) is 136 cm³/mol. The summed E-state index contributed by atoms with van der Waals surface area (Å²) in [5.74, 6) is -1.39. The number of hydrogen-bond donors (Lipinski definition) is 3. The Morgan fingerprint density at radius 1 is 1.16 bits per heavy atom. The third-order valence-corrected chi connectivity index (χ3v) is 8.51. The van der Waals surface area contributed by atoms with Crippen molar-refractivity contribution in [2.24, 2.45) is 0 Å². The van der Waals surface area contributed by atoms with Gasteiger partial charge in [0.1, 0.15) is 5.76 Å². The standard InChI is InChI=1S/C29H33NO8/c1-16-10-11-20(31)24-22(16)28-14-15-30(4)18(3)29(28,35)13-12-21(25(28)38-24)37-26(33)17(2)36-27(34)23(32)19-8-6-5-7-9-19/h5-12,17-18,23,25,31-32,35H,13-15H2,1-4H3/t17-,18+,23-,25-,28-,29+/m0/s1. The number of ether oxygens (including phenoxy) is 3. The first kappa shape index (κ1) is 26.2. The summed E-state index contributed by atoms with van der Waals surface area (Å²) in [5, 5.41) is 33.2. The average Bonchev–Trinajstić information content (AvgIpc) is 3.28. The van der Waals surface area contributed by atoms with Gasteiger partial charge >= 0.3 is 11.9 Å². The molecule has 6 atom stereocenters. The van der Waals surface area contributed by atoms with E-state index >= 15 is 0 Å². The van der Waals surface area contributed by atoms with Gasteiger partial charge in [-0.25, -0.2) is 9.59 Å². The molecule has 1 aliphatic carbocycles. The number of phenols is 1. The first-order valence-electron chi connectivity index (χ1n) is 12.8. The molecule has 2 aliphatic heterocycles. The van der Waals surface area contributed by atoms with E-state index in [0.717, 1.165) is 11.1 Å². The van der Waals surface area contributed by atoms with Crippen LogP contribution in [0.4, 0.5) is 0 Å². The smallest absolute Gasteiger partial charge is 0.352 e. The number of likely N-dealkylation sites (N-methyl/N-ethyl adjacent to an activating group) is 1. The van der Waals surface area contributed by atoms with Crippen LogP contribution in [0.15, 0.2) is 54.3 Å². The summed E-state index contributed by atoms with van der Waals surface area (Å²) in [6, 6.07) is 11.4. The Kier molecular flexibility index (Phi) is 6.49. The SMILES string of the molecule is Cc1ccc(O)c2c1[C@]13CCN(C)[C@H](C)[C@]1(O)CC=C(OC(=O)[C@H](C)OC(=O)[C@@H](O)c1ccccc1)[C@@H]3O2. The summed E-state index contributed by atoms with van der Waals surface area (Å²) in [6.07, 6.45) is -1.39. The number of carbonyl (C=O) groups is 2. The highest BCUT2D eigenvalue weighted by Gasteiger charge is 2.69. The van der Waals surface area contributed by atoms with Gasteiger partial charge in [0.15, 0.2) is 29.8 Å². The van der Waals surface area contributed by atoms with Crippen molar-refractivity contribution in [2.75, 3.05) is 13.6 Å². The van der Waals surface area contributed by atoms with Gasteiger partial charge in [-0.15, -0.1) is 0 Å². The number of hydrogen-bond acceptors (Lipinski definition) is 9. The quantitative estimate of drug-likeness (QED) is 0.507. The largest absolute Gasteiger partial charge is 0.504 e. The second-order valence-corrected chi connectivity index (χ2v) is 10.5. The molecule has 2 heterocycles. The van der Waals surface area contributed by atoms with Gasteiger partial charge in [-0.2, -0.15) is 0 Å². The van der Waals surface area contributed by atoms with Crippen molar-refractivity contribution >= 4 is 11.9 Å². The molecule has 0 aromatic heterocycles. The Morgan fingerprint density at radius 2 is 1.87 bits per heavy atom. The lowest BCUT2D eigenvalue weighted by molar-refractivity contribution is -0.175. The van der Waals surface area contributed by atoms with Gasteiger partial charge in [0.25, 0.3) is 0 Å². The molecule has 0 unspecified atom stereocenters. The summed E-state index contributed by atoms with van der Waals surface area (Å²) in [7, 11) is 1.95. The number of aliphatic hydroxyl groups is 2. The first-order valence-corrected chi connectivity index (χ1v) is 12.8. The highest BCUT2D eigenvalue weighted by molar-refractivity contribution is 5.82. The Labute approximate surface area is 221 Å². The molecule has 5 rings (SSSR count). The number of aliphatic hydroxyl groups excluding tert-OH is 1. The molecule has 202 valence electrons. The molecule has 1 saturated heterocycles. The fourth-order valence-electron chi connectivity index (χ4n) is 6.26. The van der Waals surface area contributed by atoms with E-state index in [9.17, 15) is 24.9 Å². The number of phenolic OH excluding ortho intramolecular Hbond substituents is 1. The molecule has 0 radical (unpaired) electrons. The third kappa shape index (κ3) is 3.80. The Hall–Kier alpha value is -3.40. The molecule has 9 heteroatoms. The molecule has 38 heavy (non-hydrogen) atoms. The monoisotopic (exact) mass is 523 g/mol. The molecule has 3 N–H and O–H groups in total. The Bertz CT molecular complexity index is 1290. The van der Waals surface area contributed by atoms with E-state index in [-0.39, 0.29) is 29.7 Å². The number of rotatable bonds is 5. The van der Waals surface area contributed by atoms with E-state index in [1.165, 1.54) is 6.92 Å². The van der Waals surface area contributed by atoms with Gasteiger partial charge in [-0.05, 0) is 64.1 Å². The van der Waals surface area contributed by atoms with E-state index in [4.69, 9.17) is 14.2 Å². The molecule has 3 aliphatic rings. The van der Waals surface area contributed by atoms with Crippen LogP contribution in [0.5, 0.6) is 11.5 Å². The minimum atomic E-state index is -1.54. The van der Waals surface area contributed by atoms with E-state index in [0.29, 0.717) is 18.5 Å². The van der Waals surface area contributed by atoms with E-state index in [1.807, 2.05) is 20.9 Å². The van der Waals surface area contributed by atoms with Crippen LogP contribution in [0.25, 0.3) is 0 Å². The number of piperidine rings is 1. The van der Waals surface area contributed by atoms with Gasteiger partial charge in [-0.3, -0.25) is 0 Å². The maximum Gasteiger partial charge on any atom is 0.352 e. The molecule has 0 saturated carbocycles. The van der Waals surface area contributed by atoms with Gasteiger partial charge in [0.05, 0.1) is 11.0 Å². The third-order valence-electron chi connectivity index (χ3n) is 8.51. The van der Waals surface area contributed by atoms with Crippen LogP contribution in [-0.2, 0) is 24.5 Å². The summed E-state index contributed by atoms with van der Waals surface area (Å²) in [4.78, 5) is 27.6. The van der Waals surface area contributed by atoms with Crippen molar-refractivity contribution in [3.05, 3.63) is 71.0 Å². The van der Waals surface area contributed by atoms with Gasteiger partial charge in [0.2, 0.25) is 0 Å². The molecular weight excluding hydrogens is 490 g/mol. The number of carbonyl (C=O) groups excluding carboxylic acids is 2. The number of benzene rings is 2. The van der Waals surface area contributed by atoms with Gasteiger partial charge in [-0.1, -0.05) is 36.4 Å². The average molecular weight is 524 g/mol. The lowest BCUT2D eigenvalue weighted by Gasteiger charge is -2.58. The summed E-state index contributed by atoms with van der Waals surface area (Å²) < 4.78 is 17.2. The van der Waals surface area contributed by atoms with Crippen LogP contribution in [-0.4, -0.2) is 69.6 Å². The van der Waals surface area contributed by atoms with E-state index in [2.05, 4.69) is 4.90 Å². The Balaban J connectivity index is 1.42. The zero-order valence-electron chi connectivity index (χ0n) is 21.9. The lowest BCUT2D eigenvalue weighted by atomic mass is 9.54. The molecular formula is C29H33NO8. The van der Waals surface area contributed by atoms with Crippen molar-refractivity contribution < 1.29 is 39.1 Å². The summed E-state index contributed by atoms with van der Waals surface area (Å²) in [6.45, 7) is 5.89. The molecule has 1 fully saturated rings. The zero-order chi connectivity index (χ0) is 27.4. The van der Waals surface area contributed by atoms with Gasteiger partial charge in [0, 0.05) is 18.0 Å². The highest BCUT2D eigenvalue weighted by atomic mass is 16.6. The number of fused-ring (bicyclic) bond motifs is 1. The molecule has 2 aromatic rings. The van der Waals surface area contributed by atoms with Crippen LogP contribution in [0.3, 0.4) is 0 Å². The number of nitrogens with zero attached hydrogens (tertiary/aromatic N) is 1. The lowest BCUT2D eigenvalue weighted by Crippen LogP contribution is -2.71. The van der Waals surface area contributed by atoms with Crippen molar-refractivity contribution in [1.29, 1.82) is 0 Å².